The number of fused-ring (bicyclic) bond motifs is 1. The quantitative estimate of drug-likeness (QED) is 0.316. The molecule has 126 valence electrons. The molecule has 0 amide bonds. The Hall–Kier alpha value is -1.32. The van der Waals surface area contributed by atoms with Gasteiger partial charge in [0, 0.05) is 38.0 Å². The van der Waals surface area contributed by atoms with Crippen LogP contribution < -0.4 is 0 Å². The standard InChI is InChI=1S/C17H21IN4OSi/c1-24(2,3)8-7-23-12-22-17(18)14-9-15(20-11-16(14)21-22)13-5-4-6-19-10-13/h4-6,9-11H,7-8,12H2,1-3H3. The summed E-state index contributed by atoms with van der Waals surface area (Å²) in [5.74, 6) is 0. The summed E-state index contributed by atoms with van der Waals surface area (Å²) >= 11 is 2.32. The summed E-state index contributed by atoms with van der Waals surface area (Å²) < 4.78 is 8.80. The first kappa shape index (κ1) is 17.5. The number of aromatic nitrogens is 4. The summed E-state index contributed by atoms with van der Waals surface area (Å²) in [4.78, 5) is 8.66. The minimum Gasteiger partial charge on any atom is -0.359 e. The van der Waals surface area contributed by atoms with Crippen LogP contribution in [0.1, 0.15) is 0 Å². The van der Waals surface area contributed by atoms with Crippen LogP contribution in [0.5, 0.6) is 0 Å². The Balaban J connectivity index is 1.78. The molecule has 0 atom stereocenters. The van der Waals surface area contributed by atoms with Crippen LogP contribution in [-0.4, -0.2) is 34.4 Å². The van der Waals surface area contributed by atoms with Gasteiger partial charge < -0.3 is 4.74 Å². The number of ether oxygens (including phenoxy) is 1. The first-order chi connectivity index (χ1) is 11.4. The Morgan fingerprint density at radius 1 is 1.25 bits per heavy atom. The maximum absolute atomic E-state index is 5.82. The lowest BCUT2D eigenvalue weighted by Crippen LogP contribution is -2.22. The molecular weight excluding hydrogens is 431 g/mol. The van der Waals surface area contributed by atoms with Gasteiger partial charge in [0.1, 0.15) is 15.9 Å². The Morgan fingerprint density at radius 2 is 2.08 bits per heavy atom. The molecule has 0 bridgehead atoms. The molecule has 3 aromatic rings. The fraction of sp³-hybridized carbons (Fsp3) is 0.353. The average molecular weight is 452 g/mol. The molecule has 0 saturated carbocycles. The van der Waals surface area contributed by atoms with E-state index in [0.717, 1.165) is 38.5 Å². The summed E-state index contributed by atoms with van der Waals surface area (Å²) in [5, 5.41) is 5.69. The van der Waals surface area contributed by atoms with E-state index in [1.165, 1.54) is 0 Å². The Morgan fingerprint density at radius 3 is 2.79 bits per heavy atom. The van der Waals surface area contributed by atoms with E-state index in [0.29, 0.717) is 6.73 Å². The van der Waals surface area contributed by atoms with Crippen LogP contribution in [0.2, 0.25) is 25.7 Å². The van der Waals surface area contributed by atoms with Crippen molar-refractivity contribution in [1.82, 2.24) is 19.7 Å². The van der Waals surface area contributed by atoms with Crippen LogP contribution in [0.3, 0.4) is 0 Å². The predicted octanol–water partition coefficient (Wildman–Crippen LogP) is 4.41. The Labute approximate surface area is 156 Å². The highest BCUT2D eigenvalue weighted by atomic mass is 127. The van der Waals surface area contributed by atoms with Crippen LogP contribution >= 0.6 is 22.6 Å². The summed E-state index contributed by atoms with van der Waals surface area (Å²) in [6.07, 6.45) is 5.41. The molecule has 0 unspecified atom stereocenters. The zero-order valence-electron chi connectivity index (χ0n) is 14.2. The third-order valence-electron chi connectivity index (χ3n) is 3.73. The topological polar surface area (TPSA) is 52.8 Å². The third kappa shape index (κ3) is 4.20. The van der Waals surface area contributed by atoms with E-state index in [2.05, 4.69) is 63.4 Å². The van der Waals surface area contributed by atoms with Crippen LogP contribution in [-0.2, 0) is 11.5 Å². The Kier molecular flexibility index (Phi) is 5.31. The molecular formula is C17H21IN4OSi. The summed E-state index contributed by atoms with van der Waals surface area (Å²) in [6, 6.07) is 7.16. The minimum atomic E-state index is -1.06. The monoisotopic (exact) mass is 452 g/mol. The zero-order valence-corrected chi connectivity index (χ0v) is 17.3. The van der Waals surface area contributed by atoms with Crippen molar-refractivity contribution < 1.29 is 4.74 Å². The van der Waals surface area contributed by atoms with Gasteiger partial charge >= 0.3 is 0 Å². The van der Waals surface area contributed by atoms with Gasteiger partial charge in [-0.15, -0.1) is 0 Å². The number of hydrogen-bond acceptors (Lipinski definition) is 4. The maximum Gasteiger partial charge on any atom is 0.140 e. The van der Waals surface area contributed by atoms with Gasteiger partial charge in [-0.2, -0.15) is 5.10 Å². The molecule has 0 aliphatic carbocycles. The number of pyridine rings is 2. The second-order valence-corrected chi connectivity index (χ2v) is 13.6. The van der Waals surface area contributed by atoms with E-state index in [4.69, 9.17) is 4.74 Å². The number of rotatable bonds is 6. The SMILES string of the molecule is C[Si](C)(C)CCOCn1nc2cnc(-c3cccnc3)cc2c1I. The first-order valence-corrected chi connectivity index (χ1v) is 12.7. The van der Waals surface area contributed by atoms with E-state index < -0.39 is 8.07 Å². The van der Waals surface area contributed by atoms with Gasteiger partial charge in [0.05, 0.1) is 11.9 Å². The molecule has 0 aliphatic rings. The van der Waals surface area contributed by atoms with Gasteiger partial charge in [0.25, 0.3) is 0 Å². The average Bonchev–Trinajstić information content (AvgIpc) is 2.87. The normalized spacial score (nSPS) is 12.0. The van der Waals surface area contributed by atoms with Crippen LogP contribution in [0.4, 0.5) is 0 Å². The highest BCUT2D eigenvalue weighted by Crippen LogP contribution is 2.25. The molecule has 7 heteroatoms. The molecule has 3 heterocycles. The lowest BCUT2D eigenvalue weighted by molar-refractivity contribution is 0.0773. The van der Waals surface area contributed by atoms with Gasteiger partial charge in [-0.3, -0.25) is 9.97 Å². The van der Waals surface area contributed by atoms with Gasteiger partial charge in [0.15, 0.2) is 0 Å². The van der Waals surface area contributed by atoms with E-state index in [1.54, 1.807) is 6.20 Å². The van der Waals surface area contributed by atoms with Crippen LogP contribution in [0, 0.1) is 3.70 Å². The highest BCUT2D eigenvalue weighted by molar-refractivity contribution is 14.1. The first-order valence-electron chi connectivity index (χ1n) is 7.94. The number of hydrogen-bond donors (Lipinski definition) is 0. The molecule has 3 aromatic heterocycles. The van der Waals surface area contributed by atoms with Crippen molar-refractivity contribution in [2.75, 3.05) is 6.61 Å². The van der Waals surface area contributed by atoms with Crippen LogP contribution in [0.15, 0.2) is 36.8 Å². The molecule has 0 spiro atoms. The molecule has 5 nitrogen and oxygen atoms in total. The second kappa shape index (κ2) is 7.28. The number of nitrogens with zero attached hydrogens (tertiary/aromatic N) is 4. The maximum atomic E-state index is 5.82. The van der Waals surface area contributed by atoms with E-state index in [9.17, 15) is 0 Å². The van der Waals surface area contributed by atoms with Crippen molar-refractivity contribution >= 4 is 41.6 Å². The van der Waals surface area contributed by atoms with E-state index in [-0.39, 0.29) is 0 Å². The van der Waals surface area contributed by atoms with Gasteiger partial charge in [-0.1, -0.05) is 19.6 Å². The van der Waals surface area contributed by atoms with Gasteiger partial charge in [-0.25, -0.2) is 4.68 Å². The van der Waals surface area contributed by atoms with Crippen molar-refractivity contribution in [1.29, 1.82) is 0 Å². The molecule has 3 rings (SSSR count). The Bertz CT molecular complexity index is 830. The molecule has 0 radical (unpaired) electrons. The van der Waals surface area contributed by atoms with E-state index in [1.807, 2.05) is 29.2 Å². The molecule has 0 aromatic carbocycles. The highest BCUT2D eigenvalue weighted by Gasteiger charge is 2.14. The van der Waals surface area contributed by atoms with Gasteiger partial charge in [0.2, 0.25) is 0 Å². The lowest BCUT2D eigenvalue weighted by atomic mass is 10.1. The lowest BCUT2D eigenvalue weighted by Gasteiger charge is -2.15. The zero-order chi connectivity index (χ0) is 17.2. The molecule has 24 heavy (non-hydrogen) atoms. The molecule has 0 N–H and O–H groups in total. The molecule has 0 aliphatic heterocycles. The third-order valence-corrected chi connectivity index (χ3v) is 6.57. The smallest absolute Gasteiger partial charge is 0.140 e. The fourth-order valence-corrected chi connectivity index (χ4v) is 3.73. The van der Waals surface area contributed by atoms with Crippen molar-refractivity contribution in [3.63, 3.8) is 0 Å². The largest absolute Gasteiger partial charge is 0.359 e. The summed E-state index contributed by atoms with van der Waals surface area (Å²) in [6.45, 7) is 8.34. The fourth-order valence-electron chi connectivity index (χ4n) is 2.29. The number of halogens is 1. The predicted molar refractivity (Wildman–Crippen MR) is 108 cm³/mol. The van der Waals surface area contributed by atoms with E-state index >= 15 is 0 Å². The molecule has 0 saturated heterocycles. The van der Waals surface area contributed by atoms with Crippen molar-refractivity contribution in [2.45, 2.75) is 32.4 Å². The van der Waals surface area contributed by atoms with Crippen LogP contribution in [0.25, 0.3) is 22.2 Å². The van der Waals surface area contributed by atoms with Crippen molar-refractivity contribution in [3.8, 4) is 11.3 Å². The minimum absolute atomic E-state index is 0.486. The summed E-state index contributed by atoms with van der Waals surface area (Å²) in [5.41, 5.74) is 2.81. The second-order valence-electron chi connectivity index (χ2n) is 6.97. The van der Waals surface area contributed by atoms with Gasteiger partial charge in [-0.05, 0) is 46.8 Å². The summed E-state index contributed by atoms with van der Waals surface area (Å²) in [7, 11) is -1.06. The van der Waals surface area contributed by atoms with Crippen molar-refractivity contribution in [3.05, 3.63) is 40.5 Å². The molecule has 0 fully saturated rings. The van der Waals surface area contributed by atoms with Crippen molar-refractivity contribution in [2.24, 2.45) is 0 Å².